The Morgan fingerprint density at radius 3 is 2.70 bits per heavy atom. The molecule has 0 aromatic heterocycles. The van der Waals surface area contributed by atoms with E-state index >= 15 is 0 Å². The molecule has 0 spiro atoms. The molecule has 0 amide bonds. The molecule has 106 valence electrons. The van der Waals surface area contributed by atoms with Gasteiger partial charge in [-0.05, 0) is 37.2 Å². The minimum atomic E-state index is -1.14. The highest BCUT2D eigenvalue weighted by atomic mass is 16.6. The average molecular weight is 276 g/mol. The molecule has 3 atom stereocenters. The number of fused-ring (bicyclic) bond motifs is 2. The Hall–Kier alpha value is -2.11. The second-order valence-electron chi connectivity index (χ2n) is 5.72. The van der Waals surface area contributed by atoms with E-state index in [1.54, 1.807) is 0 Å². The van der Waals surface area contributed by atoms with Crippen LogP contribution < -0.4 is 5.32 Å². The first-order valence-electron chi connectivity index (χ1n) is 6.83. The highest BCUT2D eigenvalue weighted by molar-refractivity contribution is 5.95. The molecule has 2 saturated carbocycles. The molecule has 2 aliphatic carbocycles. The topological polar surface area (TPSA) is 92.5 Å². The minimum Gasteiger partial charge on any atom is -0.478 e. The van der Waals surface area contributed by atoms with Gasteiger partial charge in [0.2, 0.25) is 0 Å². The van der Waals surface area contributed by atoms with Gasteiger partial charge in [-0.15, -0.1) is 0 Å². The lowest BCUT2D eigenvalue weighted by atomic mass is 9.95. The van der Waals surface area contributed by atoms with Gasteiger partial charge in [-0.1, -0.05) is 6.42 Å². The van der Waals surface area contributed by atoms with E-state index < -0.39 is 10.9 Å². The Kier molecular flexibility index (Phi) is 3.08. The molecule has 20 heavy (non-hydrogen) atoms. The number of nitrogens with zero attached hydrogens (tertiary/aromatic N) is 1. The SMILES string of the molecule is O=C(O)c1cc([N+](=O)[O-])ccc1NC1CC2CCC1C2. The summed E-state index contributed by atoms with van der Waals surface area (Å²) in [5.41, 5.74) is 0.267. The zero-order valence-electron chi connectivity index (χ0n) is 10.9. The van der Waals surface area contributed by atoms with Gasteiger partial charge in [0.25, 0.3) is 5.69 Å². The average Bonchev–Trinajstić information content (AvgIpc) is 3.01. The fourth-order valence-corrected chi connectivity index (χ4v) is 3.57. The normalized spacial score (nSPS) is 27.5. The van der Waals surface area contributed by atoms with Crippen molar-refractivity contribution in [3.05, 3.63) is 33.9 Å². The molecule has 1 aromatic rings. The van der Waals surface area contributed by atoms with Crippen LogP contribution in [0.15, 0.2) is 18.2 Å². The molecule has 0 heterocycles. The van der Waals surface area contributed by atoms with Crippen molar-refractivity contribution in [2.75, 3.05) is 5.32 Å². The van der Waals surface area contributed by atoms with E-state index in [0.29, 0.717) is 17.6 Å². The molecular formula is C14H16N2O4. The second-order valence-corrected chi connectivity index (χ2v) is 5.72. The van der Waals surface area contributed by atoms with Crippen LogP contribution in [0, 0.1) is 22.0 Å². The molecule has 2 fully saturated rings. The number of carboxylic acids is 1. The van der Waals surface area contributed by atoms with Crippen molar-refractivity contribution in [1.82, 2.24) is 0 Å². The van der Waals surface area contributed by atoms with Crippen molar-refractivity contribution >= 4 is 17.3 Å². The molecule has 0 saturated heterocycles. The standard InChI is InChI=1S/C14H16N2O4/c17-14(18)11-7-10(16(19)20)3-4-12(11)15-13-6-8-1-2-9(13)5-8/h3-4,7-9,13,15H,1-2,5-6H2,(H,17,18). The van der Waals surface area contributed by atoms with Crippen molar-refractivity contribution in [2.45, 2.75) is 31.7 Å². The fourth-order valence-electron chi connectivity index (χ4n) is 3.57. The zero-order valence-corrected chi connectivity index (χ0v) is 10.9. The van der Waals surface area contributed by atoms with Crippen molar-refractivity contribution in [1.29, 1.82) is 0 Å². The predicted octanol–water partition coefficient (Wildman–Crippen LogP) is 2.89. The third kappa shape index (κ3) is 2.21. The van der Waals surface area contributed by atoms with Crippen LogP contribution in [-0.4, -0.2) is 22.0 Å². The van der Waals surface area contributed by atoms with Gasteiger partial charge >= 0.3 is 5.97 Å². The lowest BCUT2D eigenvalue weighted by Gasteiger charge is -2.24. The van der Waals surface area contributed by atoms with Crippen molar-refractivity contribution < 1.29 is 14.8 Å². The monoisotopic (exact) mass is 276 g/mol. The van der Waals surface area contributed by atoms with Crippen LogP contribution in [0.4, 0.5) is 11.4 Å². The maximum absolute atomic E-state index is 11.3. The van der Waals surface area contributed by atoms with Gasteiger partial charge in [0.05, 0.1) is 10.5 Å². The molecule has 6 nitrogen and oxygen atoms in total. The number of hydrogen-bond donors (Lipinski definition) is 2. The van der Waals surface area contributed by atoms with E-state index in [9.17, 15) is 20.0 Å². The smallest absolute Gasteiger partial charge is 0.338 e. The lowest BCUT2D eigenvalue weighted by molar-refractivity contribution is -0.384. The summed E-state index contributed by atoms with van der Waals surface area (Å²) in [5, 5.41) is 23.2. The summed E-state index contributed by atoms with van der Waals surface area (Å²) in [6, 6.07) is 4.28. The van der Waals surface area contributed by atoms with E-state index in [4.69, 9.17) is 0 Å². The summed E-state index contributed by atoms with van der Waals surface area (Å²) < 4.78 is 0. The van der Waals surface area contributed by atoms with E-state index in [-0.39, 0.29) is 11.3 Å². The Labute approximate surface area is 115 Å². The van der Waals surface area contributed by atoms with Gasteiger partial charge < -0.3 is 10.4 Å². The number of benzene rings is 1. The first-order valence-corrected chi connectivity index (χ1v) is 6.83. The molecule has 3 rings (SSSR count). The van der Waals surface area contributed by atoms with Crippen molar-refractivity contribution in [2.24, 2.45) is 11.8 Å². The number of non-ortho nitro benzene ring substituents is 1. The summed E-state index contributed by atoms with van der Waals surface area (Å²) >= 11 is 0. The molecule has 2 bridgehead atoms. The van der Waals surface area contributed by atoms with Crippen LogP contribution >= 0.6 is 0 Å². The number of carbonyl (C=O) groups is 1. The number of carboxylic acid groups (broad SMARTS) is 1. The lowest BCUT2D eigenvalue weighted by Crippen LogP contribution is -2.26. The number of nitrogens with one attached hydrogen (secondary N) is 1. The summed E-state index contributed by atoms with van der Waals surface area (Å²) in [5.74, 6) is 0.222. The number of anilines is 1. The number of aromatic carboxylic acids is 1. The molecular weight excluding hydrogens is 260 g/mol. The summed E-state index contributed by atoms with van der Waals surface area (Å²) in [6.07, 6.45) is 4.75. The first kappa shape index (κ1) is 12.9. The minimum absolute atomic E-state index is 0.0260. The summed E-state index contributed by atoms with van der Waals surface area (Å²) in [6.45, 7) is 0. The van der Waals surface area contributed by atoms with Gasteiger partial charge in [0, 0.05) is 23.9 Å². The van der Waals surface area contributed by atoms with E-state index in [1.165, 1.54) is 31.4 Å². The summed E-state index contributed by atoms with van der Waals surface area (Å²) in [7, 11) is 0. The molecule has 0 aliphatic heterocycles. The van der Waals surface area contributed by atoms with Crippen LogP contribution in [-0.2, 0) is 0 Å². The largest absolute Gasteiger partial charge is 0.478 e. The van der Waals surface area contributed by atoms with Gasteiger partial charge in [0.1, 0.15) is 0 Å². The highest BCUT2D eigenvalue weighted by Crippen LogP contribution is 2.45. The predicted molar refractivity (Wildman–Crippen MR) is 72.9 cm³/mol. The Morgan fingerprint density at radius 2 is 2.15 bits per heavy atom. The molecule has 6 heteroatoms. The number of hydrogen-bond acceptors (Lipinski definition) is 4. The van der Waals surface area contributed by atoms with E-state index in [1.807, 2.05) is 0 Å². The Bertz CT molecular complexity index is 572. The zero-order chi connectivity index (χ0) is 14.3. The maximum Gasteiger partial charge on any atom is 0.338 e. The number of nitro benzene ring substituents is 1. The van der Waals surface area contributed by atoms with Crippen molar-refractivity contribution in [3.63, 3.8) is 0 Å². The molecule has 0 radical (unpaired) electrons. The highest BCUT2D eigenvalue weighted by Gasteiger charge is 2.39. The molecule has 2 aliphatic rings. The van der Waals surface area contributed by atoms with Gasteiger partial charge in [-0.3, -0.25) is 10.1 Å². The fraction of sp³-hybridized carbons (Fsp3) is 0.500. The maximum atomic E-state index is 11.3. The van der Waals surface area contributed by atoms with Crippen LogP contribution in [0.1, 0.15) is 36.0 Å². The van der Waals surface area contributed by atoms with E-state index in [2.05, 4.69) is 5.32 Å². The van der Waals surface area contributed by atoms with Crippen LogP contribution in [0.2, 0.25) is 0 Å². The number of rotatable bonds is 4. The quantitative estimate of drug-likeness (QED) is 0.651. The van der Waals surface area contributed by atoms with E-state index in [0.717, 1.165) is 18.4 Å². The van der Waals surface area contributed by atoms with Gasteiger partial charge in [-0.25, -0.2) is 4.79 Å². The van der Waals surface area contributed by atoms with Crippen LogP contribution in [0.5, 0.6) is 0 Å². The van der Waals surface area contributed by atoms with Crippen LogP contribution in [0.3, 0.4) is 0 Å². The van der Waals surface area contributed by atoms with Gasteiger partial charge in [0.15, 0.2) is 0 Å². The number of nitro groups is 1. The Morgan fingerprint density at radius 1 is 1.35 bits per heavy atom. The van der Waals surface area contributed by atoms with Crippen molar-refractivity contribution in [3.8, 4) is 0 Å². The summed E-state index contributed by atoms with van der Waals surface area (Å²) in [4.78, 5) is 21.4. The second kappa shape index (κ2) is 4.77. The first-order chi connectivity index (χ1) is 9.54. The molecule has 3 unspecified atom stereocenters. The molecule has 2 N–H and O–H groups in total. The van der Waals surface area contributed by atoms with Crippen LogP contribution in [0.25, 0.3) is 0 Å². The Balaban J connectivity index is 1.85. The third-order valence-corrected chi connectivity index (χ3v) is 4.52. The molecule has 1 aromatic carbocycles. The van der Waals surface area contributed by atoms with Gasteiger partial charge in [-0.2, -0.15) is 0 Å². The third-order valence-electron chi connectivity index (χ3n) is 4.52.